The molecular formula is C13H10BrCl2N3O. The molecule has 0 saturated carbocycles. The molecule has 1 aromatic heterocycles. The first-order chi connectivity index (χ1) is 9.44. The Labute approximate surface area is 134 Å². The summed E-state index contributed by atoms with van der Waals surface area (Å²) in [4.78, 5) is 15.9. The van der Waals surface area contributed by atoms with Crippen LogP contribution < -0.4 is 10.6 Å². The normalized spacial score (nSPS) is 10.2. The third kappa shape index (κ3) is 4.10. The van der Waals surface area contributed by atoms with Gasteiger partial charge in [-0.25, -0.2) is 9.78 Å². The van der Waals surface area contributed by atoms with Gasteiger partial charge in [0.05, 0.1) is 0 Å². The van der Waals surface area contributed by atoms with Crippen LogP contribution in [0.3, 0.4) is 0 Å². The van der Waals surface area contributed by atoms with Gasteiger partial charge in [0.15, 0.2) is 0 Å². The molecular weight excluding hydrogens is 365 g/mol. The zero-order valence-corrected chi connectivity index (χ0v) is 13.5. The van der Waals surface area contributed by atoms with Gasteiger partial charge in [0.25, 0.3) is 0 Å². The van der Waals surface area contributed by atoms with Crippen LogP contribution >= 0.6 is 39.1 Å². The van der Waals surface area contributed by atoms with Crippen molar-refractivity contribution in [2.24, 2.45) is 0 Å². The lowest BCUT2D eigenvalue weighted by Crippen LogP contribution is -2.20. The summed E-state index contributed by atoms with van der Waals surface area (Å²) >= 11 is 15.1. The van der Waals surface area contributed by atoms with E-state index in [1.165, 1.54) is 0 Å². The summed E-state index contributed by atoms with van der Waals surface area (Å²) < 4.78 is 0.880. The van der Waals surface area contributed by atoms with Crippen LogP contribution in [0.4, 0.5) is 16.3 Å². The van der Waals surface area contributed by atoms with Crippen molar-refractivity contribution in [3.8, 4) is 0 Å². The number of anilines is 2. The van der Waals surface area contributed by atoms with Gasteiger partial charge in [0.2, 0.25) is 0 Å². The fourth-order valence-corrected chi connectivity index (χ4v) is 2.26. The summed E-state index contributed by atoms with van der Waals surface area (Å²) in [5.41, 5.74) is 1.48. The molecule has 2 N–H and O–H groups in total. The zero-order chi connectivity index (χ0) is 14.7. The van der Waals surface area contributed by atoms with Crippen LogP contribution in [0.15, 0.2) is 34.9 Å². The third-order valence-corrected chi connectivity index (χ3v) is 3.68. The highest BCUT2D eigenvalue weighted by atomic mass is 79.9. The van der Waals surface area contributed by atoms with E-state index in [1.807, 2.05) is 6.92 Å². The van der Waals surface area contributed by atoms with Gasteiger partial charge in [-0.15, -0.1) is 0 Å². The van der Waals surface area contributed by atoms with E-state index in [0.717, 1.165) is 10.0 Å². The number of aromatic nitrogens is 1. The lowest BCUT2D eigenvalue weighted by molar-refractivity contribution is 0.262. The maximum Gasteiger partial charge on any atom is 0.324 e. The van der Waals surface area contributed by atoms with Crippen molar-refractivity contribution >= 4 is 56.7 Å². The van der Waals surface area contributed by atoms with Gasteiger partial charge in [0.1, 0.15) is 5.82 Å². The molecule has 0 aliphatic heterocycles. The lowest BCUT2D eigenvalue weighted by Gasteiger charge is -2.08. The van der Waals surface area contributed by atoms with Crippen LogP contribution in [-0.2, 0) is 0 Å². The number of hydrogen-bond acceptors (Lipinski definition) is 2. The number of hydrogen-bond donors (Lipinski definition) is 2. The topological polar surface area (TPSA) is 54.0 Å². The Morgan fingerprint density at radius 2 is 1.80 bits per heavy atom. The molecule has 0 radical (unpaired) electrons. The lowest BCUT2D eigenvalue weighted by atomic mass is 10.3. The average Bonchev–Trinajstić information content (AvgIpc) is 2.32. The minimum Gasteiger partial charge on any atom is -0.308 e. The standard InChI is InChI=1S/C13H10BrCl2N3O/c1-7-2-12(17-6-11(7)14)19-13(20)18-10-4-8(15)3-9(16)5-10/h2-6H,1H3,(H2,17,18,19,20). The predicted octanol–water partition coefficient (Wildman–Crippen LogP) is 5.10. The Hall–Kier alpha value is -1.30. The monoisotopic (exact) mass is 373 g/mol. The van der Waals surface area contributed by atoms with E-state index in [-0.39, 0.29) is 0 Å². The largest absolute Gasteiger partial charge is 0.324 e. The fraction of sp³-hybridized carbons (Fsp3) is 0.0769. The number of carbonyl (C=O) groups is 1. The fourth-order valence-electron chi connectivity index (χ4n) is 1.51. The van der Waals surface area contributed by atoms with E-state index >= 15 is 0 Å². The molecule has 2 aromatic rings. The van der Waals surface area contributed by atoms with Crippen LogP contribution in [-0.4, -0.2) is 11.0 Å². The quantitative estimate of drug-likeness (QED) is 0.767. The number of rotatable bonds is 2. The van der Waals surface area contributed by atoms with E-state index in [2.05, 4.69) is 31.5 Å². The van der Waals surface area contributed by atoms with Crippen LogP contribution in [0, 0.1) is 6.92 Å². The predicted molar refractivity (Wildman–Crippen MR) is 85.8 cm³/mol. The Morgan fingerprint density at radius 1 is 1.15 bits per heavy atom. The number of nitrogens with one attached hydrogen (secondary N) is 2. The summed E-state index contributed by atoms with van der Waals surface area (Å²) in [5.74, 6) is 0.455. The highest BCUT2D eigenvalue weighted by molar-refractivity contribution is 9.10. The van der Waals surface area contributed by atoms with E-state index in [9.17, 15) is 4.79 Å². The van der Waals surface area contributed by atoms with Crippen LogP contribution in [0.2, 0.25) is 10.0 Å². The molecule has 1 aromatic carbocycles. The summed E-state index contributed by atoms with van der Waals surface area (Å²) in [6.07, 6.45) is 1.63. The Balaban J connectivity index is 2.06. The van der Waals surface area contributed by atoms with Gasteiger partial charge in [0, 0.05) is 26.4 Å². The third-order valence-electron chi connectivity index (χ3n) is 2.41. The molecule has 20 heavy (non-hydrogen) atoms. The maximum absolute atomic E-state index is 11.8. The molecule has 1 heterocycles. The minimum atomic E-state index is -0.419. The Morgan fingerprint density at radius 3 is 2.40 bits per heavy atom. The summed E-state index contributed by atoms with van der Waals surface area (Å²) in [5, 5.41) is 6.16. The molecule has 0 fully saturated rings. The van der Waals surface area contributed by atoms with E-state index in [1.54, 1.807) is 30.5 Å². The Bertz CT molecular complexity index is 644. The second kappa shape index (κ2) is 6.43. The van der Waals surface area contributed by atoms with Gasteiger partial charge < -0.3 is 5.32 Å². The first-order valence-corrected chi connectivity index (χ1v) is 7.15. The number of amides is 2. The van der Waals surface area contributed by atoms with Crippen molar-refractivity contribution < 1.29 is 4.79 Å². The van der Waals surface area contributed by atoms with Gasteiger partial charge >= 0.3 is 6.03 Å². The number of nitrogens with zero attached hydrogens (tertiary/aromatic N) is 1. The molecule has 0 bridgehead atoms. The molecule has 0 aliphatic rings. The number of benzene rings is 1. The van der Waals surface area contributed by atoms with Crippen molar-refractivity contribution in [2.75, 3.05) is 10.6 Å². The average molecular weight is 375 g/mol. The maximum atomic E-state index is 11.8. The van der Waals surface area contributed by atoms with Crippen molar-refractivity contribution in [3.63, 3.8) is 0 Å². The van der Waals surface area contributed by atoms with Gasteiger partial charge in [-0.2, -0.15) is 0 Å². The first-order valence-electron chi connectivity index (χ1n) is 5.60. The molecule has 0 unspecified atom stereocenters. The summed E-state index contributed by atoms with van der Waals surface area (Å²) in [6.45, 7) is 1.91. The van der Waals surface area contributed by atoms with Crippen LogP contribution in [0.5, 0.6) is 0 Å². The van der Waals surface area contributed by atoms with Crippen LogP contribution in [0.25, 0.3) is 0 Å². The second-order valence-electron chi connectivity index (χ2n) is 4.06. The summed E-state index contributed by atoms with van der Waals surface area (Å²) in [7, 11) is 0. The molecule has 4 nitrogen and oxygen atoms in total. The van der Waals surface area contributed by atoms with Crippen LogP contribution in [0.1, 0.15) is 5.56 Å². The minimum absolute atomic E-state index is 0.419. The first kappa shape index (κ1) is 15.1. The molecule has 2 rings (SSSR count). The van der Waals surface area contributed by atoms with Crippen molar-refractivity contribution in [3.05, 3.63) is 50.5 Å². The molecule has 7 heteroatoms. The SMILES string of the molecule is Cc1cc(NC(=O)Nc2cc(Cl)cc(Cl)c2)ncc1Br. The van der Waals surface area contributed by atoms with E-state index in [0.29, 0.717) is 21.6 Å². The van der Waals surface area contributed by atoms with Gasteiger partial charge in [-0.3, -0.25) is 5.32 Å². The number of urea groups is 1. The number of aryl methyl sites for hydroxylation is 1. The van der Waals surface area contributed by atoms with Crippen molar-refractivity contribution in [1.29, 1.82) is 0 Å². The van der Waals surface area contributed by atoms with Gasteiger partial charge in [-0.1, -0.05) is 23.2 Å². The highest BCUT2D eigenvalue weighted by Crippen LogP contribution is 2.22. The van der Waals surface area contributed by atoms with Gasteiger partial charge in [-0.05, 0) is 52.7 Å². The number of pyridine rings is 1. The molecule has 0 spiro atoms. The molecule has 104 valence electrons. The Kier molecular flexibility index (Phi) is 4.86. The summed E-state index contributed by atoms with van der Waals surface area (Å²) in [6, 6.07) is 6.14. The smallest absolute Gasteiger partial charge is 0.308 e. The number of halogens is 3. The zero-order valence-electron chi connectivity index (χ0n) is 10.4. The van der Waals surface area contributed by atoms with Crippen molar-refractivity contribution in [1.82, 2.24) is 4.98 Å². The molecule has 0 aliphatic carbocycles. The molecule has 2 amide bonds. The molecule has 0 saturated heterocycles. The van der Waals surface area contributed by atoms with E-state index in [4.69, 9.17) is 23.2 Å². The number of carbonyl (C=O) groups excluding carboxylic acids is 1. The highest BCUT2D eigenvalue weighted by Gasteiger charge is 2.06. The second-order valence-corrected chi connectivity index (χ2v) is 5.78. The molecule has 0 atom stereocenters. The van der Waals surface area contributed by atoms with Crippen molar-refractivity contribution in [2.45, 2.75) is 6.92 Å². The van der Waals surface area contributed by atoms with E-state index < -0.39 is 6.03 Å².